The Morgan fingerprint density at radius 1 is 1.11 bits per heavy atom. The molecule has 1 saturated heterocycles. The summed E-state index contributed by atoms with van der Waals surface area (Å²) in [7, 11) is 0. The summed E-state index contributed by atoms with van der Waals surface area (Å²) in [5, 5.41) is 25.9. The second-order valence-electron chi connectivity index (χ2n) is 5.92. The van der Waals surface area contributed by atoms with Crippen molar-refractivity contribution < 1.29 is 0 Å². The second kappa shape index (κ2) is 25.5. The van der Waals surface area contributed by atoms with Crippen LogP contribution >= 0.6 is 0 Å². The number of hydrogen-bond donors (Lipinski definition) is 0. The van der Waals surface area contributed by atoms with Crippen molar-refractivity contribution in [3.05, 3.63) is 34.6 Å². The molecule has 2 radical (unpaired) electrons. The van der Waals surface area contributed by atoms with E-state index in [2.05, 4.69) is 68.0 Å². The number of nitriles is 2. The maximum absolute atomic E-state index is 7.13. The van der Waals surface area contributed by atoms with Crippen molar-refractivity contribution in [1.29, 1.82) is 10.5 Å². The van der Waals surface area contributed by atoms with Crippen LogP contribution in [0.25, 0.3) is 10.6 Å². The van der Waals surface area contributed by atoms with Gasteiger partial charge in [0.25, 0.3) is 0 Å². The van der Waals surface area contributed by atoms with E-state index in [1.807, 2.05) is 0 Å². The quantitative estimate of drug-likeness (QED) is 0.185. The number of unbranched alkanes of at least 4 members (excludes halogenated alkanes) is 2. The molecule has 0 saturated carbocycles. The molecular formula is C20H32N4S2Sn-4. The molecule has 0 aliphatic carbocycles. The first kappa shape index (κ1) is 28.7. The first-order valence-corrected chi connectivity index (χ1v) is 14.5. The fourth-order valence-electron chi connectivity index (χ4n) is 2.41. The van der Waals surface area contributed by atoms with Gasteiger partial charge in [0.05, 0.1) is 0 Å². The summed E-state index contributed by atoms with van der Waals surface area (Å²) in [6, 6.07) is 0.406. The van der Waals surface area contributed by atoms with E-state index in [0.29, 0.717) is 6.04 Å². The minimum Gasteiger partial charge on any atom is -0.696 e. The van der Waals surface area contributed by atoms with Gasteiger partial charge in [0, 0.05) is 0 Å². The summed E-state index contributed by atoms with van der Waals surface area (Å²) in [5.74, 6) is 0. The fraction of sp³-hybridized carbons (Fsp3) is 0.700. The van der Waals surface area contributed by atoms with Gasteiger partial charge >= 0.3 is 69.5 Å². The molecule has 0 amide bonds. The first-order chi connectivity index (χ1) is 13.2. The van der Waals surface area contributed by atoms with Crippen molar-refractivity contribution in [2.45, 2.75) is 73.7 Å². The number of hydrogen-bond acceptors (Lipinski definition) is 4. The van der Waals surface area contributed by atoms with Crippen molar-refractivity contribution >= 4 is 46.4 Å². The SMILES string of the molecule is C1=CC[N-]C(C2CCCC[N-]2)=C1.CCC[CH2][Sn][CH2]CCC.N#C[S-].N#C[S-]. The van der Waals surface area contributed by atoms with Crippen LogP contribution in [0, 0.1) is 21.3 Å². The average molecular weight is 511 g/mol. The van der Waals surface area contributed by atoms with Crippen molar-refractivity contribution in [1.82, 2.24) is 0 Å². The van der Waals surface area contributed by atoms with Gasteiger partial charge in [-0.3, -0.25) is 0 Å². The molecule has 0 aromatic rings. The molecule has 2 heterocycles. The summed E-state index contributed by atoms with van der Waals surface area (Å²) >= 11 is 7.55. The van der Waals surface area contributed by atoms with Crippen molar-refractivity contribution in [3.8, 4) is 10.8 Å². The third-order valence-corrected chi connectivity index (χ3v) is 7.81. The number of nitrogens with zero attached hydrogens (tertiary/aromatic N) is 4. The van der Waals surface area contributed by atoms with E-state index in [1.54, 1.807) is 8.87 Å². The van der Waals surface area contributed by atoms with Gasteiger partial charge in [-0.05, 0) is 0 Å². The summed E-state index contributed by atoms with van der Waals surface area (Å²) < 4.78 is 3.25. The van der Waals surface area contributed by atoms with E-state index in [-0.39, 0.29) is 21.1 Å². The van der Waals surface area contributed by atoms with Crippen molar-refractivity contribution in [2.24, 2.45) is 0 Å². The Morgan fingerprint density at radius 2 is 1.70 bits per heavy atom. The van der Waals surface area contributed by atoms with E-state index in [0.717, 1.165) is 13.1 Å². The minimum absolute atomic E-state index is 0.149. The smallest absolute Gasteiger partial charge is 0.0797 e. The molecule has 1 fully saturated rings. The molecule has 27 heavy (non-hydrogen) atoms. The molecule has 2 rings (SSSR count). The summed E-state index contributed by atoms with van der Waals surface area (Å²) in [6.07, 6.45) is 15.9. The van der Waals surface area contributed by atoms with Crippen molar-refractivity contribution in [2.75, 3.05) is 13.1 Å². The van der Waals surface area contributed by atoms with Crippen LogP contribution in [0.5, 0.6) is 0 Å². The zero-order valence-electron chi connectivity index (χ0n) is 16.7. The van der Waals surface area contributed by atoms with Gasteiger partial charge in [-0.15, -0.1) is 25.2 Å². The molecule has 4 nitrogen and oxygen atoms in total. The molecule has 7 heteroatoms. The molecule has 0 N–H and O–H groups in total. The van der Waals surface area contributed by atoms with Crippen LogP contribution in [-0.2, 0) is 25.3 Å². The van der Waals surface area contributed by atoms with Gasteiger partial charge in [-0.25, -0.2) is 10.5 Å². The molecule has 2 aliphatic rings. The van der Waals surface area contributed by atoms with Crippen LogP contribution in [0.1, 0.15) is 58.8 Å². The third kappa shape index (κ3) is 21.6. The van der Waals surface area contributed by atoms with Crippen LogP contribution in [0.2, 0.25) is 8.87 Å². The monoisotopic (exact) mass is 512 g/mol. The molecule has 0 aromatic carbocycles. The summed E-state index contributed by atoms with van der Waals surface area (Å²) in [6.45, 7) is 6.46. The maximum Gasteiger partial charge on any atom is -0.0797 e. The molecule has 1 unspecified atom stereocenters. The van der Waals surface area contributed by atoms with Crippen LogP contribution in [0.4, 0.5) is 0 Å². The zero-order chi connectivity index (χ0) is 20.6. The van der Waals surface area contributed by atoms with Gasteiger partial charge in [-0.2, -0.15) is 5.70 Å². The van der Waals surface area contributed by atoms with Gasteiger partial charge < -0.3 is 35.9 Å². The Balaban J connectivity index is 0. The number of piperidine rings is 1. The summed E-state index contributed by atoms with van der Waals surface area (Å²) in [5.41, 5.74) is 1.19. The molecule has 1 atom stereocenters. The Kier molecular flexibility index (Phi) is 27.0. The maximum atomic E-state index is 7.13. The van der Waals surface area contributed by atoms with E-state index >= 15 is 0 Å². The van der Waals surface area contributed by atoms with E-state index in [9.17, 15) is 0 Å². The number of rotatable bonds is 7. The number of thiocyanates is 2. The Bertz CT molecular complexity index is 432. The molecule has 0 aromatic heterocycles. The van der Waals surface area contributed by atoms with Crippen molar-refractivity contribution in [3.63, 3.8) is 0 Å². The van der Waals surface area contributed by atoms with Crippen LogP contribution in [0.15, 0.2) is 23.9 Å². The largest absolute Gasteiger partial charge is 0.696 e. The molecule has 0 spiro atoms. The Hall–Kier alpha value is -0.541. The predicted molar refractivity (Wildman–Crippen MR) is 122 cm³/mol. The third-order valence-electron chi connectivity index (χ3n) is 3.77. The molecule has 152 valence electrons. The zero-order valence-corrected chi connectivity index (χ0v) is 21.2. The molecule has 0 bridgehead atoms. The Morgan fingerprint density at radius 3 is 2.11 bits per heavy atom. The molecular weight excluding hydrogens is 479 g/mol. The van der Waals surface area contributed by atoms with E-state index in [1.165, 1.54) is 61.4 Å². The predicted octanol–water partition coefficient (Wildman–Crippen LogP) is 5.90. The van der Waals surface area contributed by atoms with Crippen LogP contribution in [-0.4, -0.2) is 40.3 Å². The van der Waals surface area contributed by atoms with Gasteiger partial charge in [-0.1, -0.05) is 42.2 Å². The van der Waals surface area contributed by atoms with Crippen LogP contribution in [0.3, 0.4) is 0 Å². The standard InChI is InChI=1S/C10H14N2.2C4H9.2CHNS.Sn/c1-3-7-11-9(5-1)10-6-2-4-8-12-10;2*1-3-4-2;2*2-1-3;/h1,3,5,10H,2,4,6-8H2;2*1,3-4H2,2H3;2*3H;/q-2;;;;;/p-2. The van der Waals surface area contributed by atoms with Gasteiger partial charge in [0.2, 0.25) is 0 Å². The van der Waals surface area contributed by atoms with Gasteiger partial charge in [0.15, 0.2) is 0 Å². The second-order valence-corrected chi connectivity index (χ2v) is 10.6. The Labute approximate surface area is 188 Å². The average Bonchev–Trinajstić information content (AvgIpc) is 2.71. The first-order valence-electron chi connectivity index (χ1n) is 9.65. The topological polar surface area (TPSA) is 75.8 Å². The fourth-order valence-corrected chi connectivity index (χ4v) is 6.57. The summed E-state index contributed by atoms with van der Waals surface area (Å²) in [4.78, 5) is 0. The van der Waals surface area contributed by atoms with Crippen LogP contribution < -0.4 is 0 Å². The van der Waals surface area contributed by atoms with Gasteiger partial charge in [0.1, 0.15) is 0 Å². The number of allylic oxidation sites excluding steroid dienone is 2. The molecule has 2 aliphatic heterocycles. The van der Waals surface area contributed by atoms with E-state index in [4.69, 9.17) is 10.5 Å². The van der Waals surface area contributed by atoms with E-state index < -0.39 is 0 Å². The normalized spacial score (nSPS) is 16.9. The minimum atomic E-state index is 0.149.